The van der Waals surface area contributed by atoms with Crippen LogP contribution in [-0.4, -0.2) is 8.07 Å². The number of nitrogens with zero attached hydrogens (tertiary/aromatic N) is 1. The van der Waals surface area contributed by atoms with Crippen molar-refractivity contribution in [1.29, 1.82) is 0 Å². The zero-order valence-electron chi connectivity index (χ0n) is 24.6. The topological polar surface area (TPSA) is 12.5 Å². The van der Waals surface area contributed by atoms with Crippen molar-refractivity contribution >= 4 is 45.9 Å². The molecule has 7 aromatic rings. The summed E-state index contributed by atoms with van der Waals surface area (Å²) in [6.45, 7) is 0. The van der Waals surface area contributed by atoms with Crippen LogP contribution in [0.25, 0.3) is 22.3 Å². The molecule has 2 nitrogen and oxygen atoms in total. The van der Waals surface area contributed by atoms with E-state index in [9.17, 15) is 0 Å². The Morgan fingerprint density at radius 1 is 0.356 bits per heavy atom. The summed E-state index contributed by atoms with van der Waals surface area (Å²) in [4.78, 5) is 2.40. The third-order valence-corrected chi connectivity index (χ3v) is 14.2. The summed E-state index contributed by atoms with van der Waals surface area (Å²) in [7, 11) is -2.70. The van der Waals surface area contributed by atoms with Crippen LogP contribution in [0.2, 0.25) is 0 Å². The van der Waals surface area contributed by atoms with Crippen molar-refractivity contribution in [3.8, 4) is 33.8 Å². The highest BCUT2D eigenvalue weighted by molar-refractivity contribution is 7.23. The van der Waals surface area contributed by atoms with Crippen molar-refractivity contribution in [3.63, 3.8) is 0 Å². The minimum absolute atomic E-state index is 0.964. The number of fused-ring (bicyclic) bond motifs is 9. The molecule has 3 heteroatoms. The number of rotatable bonds is 4. The zero-order chi connectivity index (χ0) is 29.8. The van der Waals surface area contributed by atoms with Crippen LogP contribution in [-0.2, 0) is 0 Å². The van der Waals surface area contributed by atoms with Gasteiger partial charge in [0.25, 0.3) is 0 Å². The molecule has 0 atom stereocenters. The molecule has 0 unspecified atom stereocenters. The fourth-order valence-corrected chi connectivity index (χ4v) is 12.9. The first-order chi connectivity index (χ1) is 22.3. The van der Waals surface area contributed by atoms with Crippen LogP contribution in [0.1, 0.15) is 0 Å². The lowest BCUT2D eigenvalue weighted by atomic mass is 10.0. The molecule has 9 rings (SSSR count). The molecule has 0 radical (unpaired) electrons. The van der Waals surface area contributed by atoms with Gasteiger partial charge in [-0.1, -0.05) is 127 Å². The maximum atomic E-state index is 6.59. The molecule has 0 aliphatic carbocycles. The van der Waals surface area contributed by atoms with Gasteiger partial charge in [-0.25, -0.2) is 0 Å². The molecule has 212 valence electrons. The second kappa shape index (κ2) is 10.2. The third kappa shape index (κ3) is 3.88. The quantitative estimate of drug-likeness (QED) is 0.191. The largest absolute Gasteiger partial charge is 0.458 e. The van der Waals surface area contributed by atoms with Crippen LogP contribution in [0, 0.1) is 0 Å². The number of benzene rings is 7. The van der Waals surface area contributed by atoms with Crippen LogP contribution in [0.3, 0.4) is 0 Å². The van der Waals surface area contributed by atoms with Gasteiger partial charge in [0.1, 0.15) is 11.5 Å². The second-order valence-electron chi connectivity index (χ2n) is 11.7. The second-order valence-corrected chi connectivity index (χ2v) is 15.4. The highest BCUT2D eigenvalue weighted by atomic mass is 28.3. The molecule has 0 N–H and O–H groups in total. The maximum absolute atomic E-state index is 6.59. The molecular weight excluding hydrogens is 563 g/mol. The van der Waals surface area contributed by atoms with Crippen LogP contribution < -0.4 is 30.4 Å². The molecule has 0 saturated heterocycles. The first kappa shape index (κ1) is 25.8. The van der Waals surface area contributed by atoms with Crippen molar-refractivity contribution in [2.75, 3.05) is 4.90 Å². The number of para-hydroxylation sites is 3. The van der Waals surface area contributed by atoms with Crippen molar-refractivity contribution in [1.82, 2.24) is 0 Å². The fourth-order valence-electron chi connectivity index (χ4n) is 7.46. The van der Waals surface area contributed by atoms with E-state index in [1.807, 2.05) is 0 Å². The SMILES string of the molecule is c1ccc(-c2cccc(N(c3ccccc3)c3ccc4c(c3)[Si]3(c5ccccc5Oc5ccccc53)c3ccccc3-4)c2)cc1. The van der Waals surface area contributed by atoms with Gasteiger partial charge < -0.3 is 9.64 Å². The molecule has 0 bridgehead atoms. The highest BCUT2D eigenvalue weighted by Gasteiger charge is 2.53. The number of hydrogen-bond acceptors (Lipinski definition) is 2. The Kier molecular flexibility index (Phi) is 5.87. The number of anilines is 3. The summed E-state index contributed by atoms with van der Waals surface area (Å²) in [6, 6.07) is 63.7. The number of hydrogen-bond donors (Lipinski definition) is 0. The van der Waals surface area contributed by atoms with Gasteiger partial charge in [-0.05, 0) is 91.5 Å². The molecule has 1 spiro atoms. The van der Waals surface area contributed by atoms with Gasteiger partial charge in [0, 0.05) is 17.1 Å². The van der Waals surface area contributed by atoms with Crippen LogP contribution in [0.5, 0.6) is 11.5 Å². The van der Waals surface area contributed by atoms with Crippen LogP contribution in [0.4, 0.5) is 17.1 Å². The Labute approximate surface area is 264 Å². The monoisotopic (exact) mass is 591 g/mol. The molecule has 0 amide bonds. The maximum Gasteiger partial charge on any atom is 0.189 e. The lowest BCUT2D eigenvalue weighted by Crippen LogP contribution is -2.74. The van der Waals surface area contributed by atoms with Crippen molar-refractivity contribution in [2.24, 2.45) is 0 Å². The van der Waals surface area contributed by atoms with E-state index >= 15 is 0 Å². The molecule has 0 fully saturated rings. The Balaban J connectivity index is 1.32. The van der Waals surface area contributed by atoms with E-state index in [1.54, 1.807) is 0 Å². The lowest BCUT2D eigenvalue weighted by Gasteiger charge is -2.37. The van der Waals surface area contributed by atoms with Gasteiger partial charge in [0.05, 0.1) is 0 Å². The molecule has 7 aromatic carbocycles. The Hall–Kier alpha value is -5.64. The zero-order valence-corrected chi connectivity index (χ0v) is 25.6. The van der Waals surface area contributed by atoms with Gasteiger partial charge in [-0.15, -0.1) is 0 Å². The van der Waals surface area contributed by atoms with E-state index in [0.717, 1.165) is 28.6 Å². The van der Waals surface area contributed by atoms with Crippen molar-refractivity contribution in [2.45, 2.75) is 0 Å². The molecule has 2 heterocycles. The van der Waals surface area contributed by atoms with Gasteiger partial charge >= 0.3 is 0 Å². The Morgan fingerprint density at radius 3 is 1.62 bits per heavy atom. The summed E-state index contributed by atoms with van der Waals surface area (Å²) in [5.74, 6) is 1.93. The normalized spacial score (nSPS) is 13.2. The Bertz CT molecular complexity index is 2160. The predicted octanol–water partition coefficient (Wildman–Crippen LogP) is 8.29. The Morgan fingerprint density at radius 2 is 0.889 bits per heavy atom. The van der Waals surface area contributed by atoms with Crippen molar-refractivity contribution in [3.05, 3.63) is 176 Å². The lowest BCUT2D eigenvalue weighted by molar-refractivity contribution is 0.487. The highest BCUT2D eigenvalue weighted by Crippen LogP contribution is 2.40. The minimum atomic E-state index is -2.70. The predicted molar refractivity (Wildman–Crippen MR) is 189 cm³/mol. The molecule has 45 heavy (non-hydrogen) atoms. The third-order valence-electron chi connectivity index (χ3n) is 9.31. The summed E-state index contributed by atoms with van der Waals surface area (Å²) in [5.41, 5.74) is 8.45. The number of ether oxygens (including phenoxy) is 1. The molecular formula is C42H29NOSi. The van der Waals surface area contributed by atoms with Gasteiger partial charge in [-0.3, -0.25) is 0 Å². The van der Waals surface area contributed by atoms with Gasteiger partial charge in [-0.2, -0.15) is 0 Å². The average molecular weight is 592 g/mol. The molecule has 2 aliphatic rings. The van der Waals surface area contributed by atoms with Crippen LogP contribution >= 0.6 is 0 Å². The first-order valence-electron chi connectivity index (χ1n) is 15.4. The smallest absolute Gasteiger partial charge is 0.189 e. The van der Waals surface area contributed by atoms with E-state index in [1.165, 1.54) is 43.0 Å². The van der Waals surface area contributed by atoms with E-state index in [0.29, 0.717) is 0 Å². The standard InChI is InChI=1S/C42H29NOSi/c1-3-14-30(15-4-1)31-16-13-19-33(28-31)43(32-17-5-2-6-18-32)34-26-27-36-35-20-7-10-23-39(35)45(42(36)29-34)40-24-11-8-21-37(40)44-38-22-9-12-25-41(38)45/h1-29H. The summed E-state index contributed by atoms with van der Waals surface area (Å²) < 4.78 is 6.59. The summed E-state index contributed by atoms with van der Waals surface area (Å²) in [6.07, 6.45) is 0. The van der Waals surface area contributed by atoms with E-state index in [2.05, 4.69) is 181 Å². The minimum Gasteiger partial charge on any atom is -0.458 e. The fraction of sp³-hybridized carbons (Fsp3) is 0. The molecule has 2 aliphatic heterocycles. The van der Waals surface area contributed by atoms with Gasteiger partial charge in [0.15, 0.2) is 8.07 Å². The van der Waals surface area contributed by atoms with Crippen LogP contribution in [0.15, 0.2) is 176 Å². The van der Waals surface area contributed by atoms with Gasteiger partial charge in [0.2, 0.25) is 0 Å². The first-order valence-corrected chi connectivity index (χ1v) is 17.4. The van der Waals surface area contributed by atoms with E-state index in [4.69, 9.17) is 4.74 Å². The summed E-state index contributed by atoms with van der Waals surface area (Å²) in [5, 5.41) is 5.45. The van der Waals surface area contributed by atoms with E-state index in [-0.39, 0.29) is 0 Å². The van der Waals surface area contributed by atoms with Crippen molar-refractivity contribution < 1.29 is 4.74 Å². The molecule has 0 saturated carbocycles. The average Bonchev–Trinajstić information content (AvgIpc) is 3.40. The van der Waals surface area contributed by atoms with E-state index < -0.39 is 8.07 Å². The molecule has 0 aromatic heterocycles. The summed E-state index contributed by atoms with van der Waals surface area (Å²) >= 11 is 0.